The van der Waals surface area contributed by atoms with Crippen LogP contribution < -0.4 is 5.32 Å². The van der Waals surface area contributed by atoms with Crippen molar-refractivity contribution < 1.29 is 9.53 Å². The van der Waals surface area contributed by atoms with Crippen molar-refractivity contribution in [1.82, 2.24) is 29.9 Å². The lowest BCUT2D eigenvalue weighted by Crippen LogP contribution is -2.32. The Morgan fingerprint density at radius 2 is 2.12 bits per heavy atom. The van der Waals surface area contributed by atoms with Crippen LogP contribution >= 0.6 is 0 Å². The summed E-state index contributed by atoms with van der Waals surface area (Å²) in [6, 6.07) is 1.76. The molecule has 0 spiro atoms. The first-order valence-corrected chi connectivity index (χ1v) is 8.68. The van der Waals surface area contributed by atoms with E-state index in [4.69, 9.17) is 4.74 Å². The van der Waals surface area contributed by atoms with Crippen LogP contribution in [0.3, 0.4) is 0 Å². The molecule has 3 aromatic heterocycles. The Labute approximate surface area is 150 Å². The van der Waals surface area contributed by atoms with Gasteiger partial charge in [-0.3, -0.25) is 4.79 Å². The number of amides is 1. The summed E-state index contributed by atoms with van der Waals surface area (Å²) < 4.78 is 7.44. The van der Waals surface area contributed by atoms with E-state index in [-0.39, 0.29) is 5.91 Å². The Morgan fingerprint density at radius 1 is 1.27 bits per heavy atom. The molecule has 8 nitrogen and oxygen atoms in total. The summed E-state index contributed by atoms with van der Waals surface area (Å²) >= 11 is 0. The van der Waals surface area contributed by atoms with Crippen LogP contribution in [0.2, 0.25) is 0 Å². The standard InChI is InChI=1S/C18H20N6O2/c1-18(5-2-3-8-26-18)17-21-10-13(11-22-17)9-20-16(25)14-12-23-24-7-4-6-19-15(14)24/h4,6-7,10-12H,2-3,5,8-9H2,1H3,(H,20,25)/t18-/m0/s1. The highest BCUT2D eigenvalue weighted by Gasteiger charge is 2.32. The molecule has 4 rings (SSSR count). The molecule has 1 N–H and O–H groups in total. The van der Waals surface area contributed by atoms with Crippen LogP contribution in [-0.2, 0) is 16.9 Å². The average Bonchev–Trinajstić information content (AvgIpc) is 3.11. The normalized spacial score (nSPS) is 20.2. The average molecular weight is 352 g/mol. The van der Waals surface area contributed by atoms with Gasteiger partial charge >= 0.3 is 0 Å². The number of nitrogens with zero attached hydrogens (tertiary/aromatic N) is 5. The third-order valence-corrected chi connectivity index (χ3v) is 4.62. The van der Waals surface area contributed by atoms with E-state index in [1.807, 2.05) is 6.92 Å². The highest BCUT2D eigenvalue weighted by molar-refractivity contribution is 5.99. The van der Waals surface area contributed by atoms with Gasteiger partial charge < -0.3 is 10.1 Å². The lowest BCUT2D eigenvalue weighted by molar-refractivity contribution is -0.0760. The largest absolute Gasteiger partial charge is 0.367 e. The fraction of sp³-hybridized carbons (Fsp3) is 0.389. The van der Waals surface area contributed by atoms with Crippen LogP contribution in [0, 0.1) is 0 Å². The molecule has 0 aromatic carbocycles. The van der Waals surface area contributed by atoms with Crippen molar-refractivity contribution in [3.05, 3.63) is 54.0 Å². The van der Waals surface area contributed by atoms with E-state index in [1.54, 1.807) is 35.4 Å². The number of hydrogen-bond donors (Lipinski definition) is 1. The molecule has 3 aromatic rings. The van der Waals surface area contributed by atoms with Gasteiger partial charge in [-0.05, 0) is 32.3 Å². The zero-order chi connectivity index (χ0) is 18.0. The second kappa shape index (κ2) is 6.80. The van der Waals surface area contributed by atoms with Gasteiger partial charge in [-0.2, -0.15) is 5.10 Å². The Bertz CT molecular complexity index is 915. The van der Waals surface area contributed by atoms with Gasteiger partial charge in [0.25, 0.3) is 5.91 Å². The molecule has 0 unspecified atom stereocenters. The van der Waals surface area contributed by atoms with Gasteiger partial charge in [-0.1, -0.05) is 0 Å². The summed E-state index contributed by atoms with van der Waals surface area (Å²) in [4.78, 5) is 25.5. The van der Waals surface area contributed by atoms with Crippen molar-refractivity contribution in [3.8, 4) is 0 Å². The van der Waals surface area contributed by atoms with Crippen LogP contribution in [0.4, 0.5) is 0 Å². The molecule has 26 heavy (non-hydrogen) atoms. The lowest BCUT2D eigenvalue weighted by atomic mass is 9.95. The fourth-order valence-corrected chi connectivity index (χ4v) is 3.09. The Hall–Kier alpha value is -2.87. The molecule has 0 bridgehead atoms. The van der Waals surface area contributed by atoms with E-state index in [1.165, 1.54) is 6.20 Å². The molecule has 0 aliphatic carbocycles. The highest BCUT2D eigenvalue weighted by atomic mass is 16.5. The number of ether oxygens (including phenoxy) is 1. The van der Waals surface area contributed by atoms with E-state index in [2.05, 4.69) is 25.4 Å². The SMILES string of the molecule is C[C@@]1(c2ncc(CNC(=O)c3cnn4cccnc34)cn2)CCCCO1. The number of carbonyl (C=O) groups excluding carboxylic acids is 1. The molecule has 134 valence electrons. The second-order valence-corrected chi connectivity index (χ2v) is 6.58. The van der Waals surface area contributed by atoms with Crippen LogP contribution in [0.15, 0.2) is 37.1 Å². The molecule has 1 atom stereocenters. The van der Waals surface area contributed by atoms with Crippen molar-refractivity contribution in [3.63, 3.8) is 0 Å². The van der Waals surface area contributed by atoms with Crippen molar-refractivity contribution in [2.45, 2.75) is 38.3 Å². The number of nitrogens with one attached hydrogen (secondary N) is 1. The second-order valence-electron chi connectivity index (χ2n) is 6.58. The minimum Gasteiger partial charge on any atom is -0.367 e. The highest BCUT2D eigenvalue weighted by Crippen LogP contribution is 2.32. The van der Waals surface area contributed by atoms with Gasteiger partial charge in [0.2, 0.25) is 0 Å². The van der Waals surface area contributed by atoms with E-state index < -0.39 is 5.60 Å². The molecule has 1 amide bonds. The van der Waals surface area contributed by atoms with E-state index in [0.717, 1.165) is 31.4 Å². The zero-order valence-electron chi connectivity index (χ0n) is 14.6. The van der Waals surface area contributed by atoms with Crippen LogP contribution in [-0.4, -0.2) is 37.1 Å². The maximum absolute atomic E-state index is 12.4. The molecule has 1 aliphatic heterocycles. The van der Waals surface area contributed by atoms with Crippen LogP contribution in [0.25, 0.3) is 5.65 Å². The van der Waals surface area contributed by atoms with Gasteiger partial charge in [-0.15, -0.1) is 0 Å². The molecule has 0 saturated carbocycles. The van der Waals surface area contributed by atoms with Gasteiger partial charge in [0.15, 0.2) is 11.5 Å². The first-order valence-electron chi connectivity index (χ1n) is 8.68. The minimum atomic E-state index is -0.414. The smallest absolute Gasteiger partial charge is 0.257 e. The first kappa shape index (κ1) is 16.6. The van der Waals surface area contributed by atoms with Gasteiger partial charge in [-0.25, -0.2) is 19.5 Å². The molecule has 1 saturated heterocycles. The van der Waals surface area contributed by atoms with E-state index in [9.17, 15) is 4.79 Å². The third-order valence-electron chi connectivity index (χ3n) is 4.62. The summed E-state index contributed by atoms with van der Waals surface area (Å²) in [5.74, 6) is 0.462. The van der Waals surface area contributed by atoms with Gasteiger partial charge in [0.05, 0.1) is 6.20 Å². The Kier molecular flexibility index (Phi) is 4.34. The quantitative estimate of drug-likeness (QED) is 0.770. The predicted octanol–water partition coefficient (Wildman–Crippen LogP) is 1.86. The number of carbonyl (C=O) groups is 1. The number of hydrogen-bond acceptors (Lipinski definition) is 6. The molecule has 8 heteroatoms. The lowest BCUT2D eigenvalue weighted by Gasteiger charge is -2.32. The van der Waals surface area contributed by atoms with Crippen molar-refractivity contribution in [1.29, 1.82) is 0 Å². The summed E-state index contributed by atoms with van der Waals surface area (Å²) in [6.07, 6.45) is 11.5. The molecule has 0 radical (unpaired) electrons. The molecular formula is C18H20N6O2. The van der Waals surface area contributed by atoms with E-state index >= 15 is 0 Å². The molecule has 1 fully saturated rings. The Morgan fingerprint density at radius 3 is 2.88 bits per heavy atom. The maximum Gasteiger partial charge on any atom is 0.257 e. The van der Waals surface area contributed by atoms with Crippen molar-refractivity contribution in [2.75, 3.05) is 6.61 Å². The maximum atomic E-state index is 12.4. The van der Waals surface area contributed by atoms with Crippen LogP contribution in [0.1, 0.15) is 47.9 Å². The number of fused-ring (bicyclic) bond motifs is 1. The topological polar surface area (TPSA) is 94.3 Å². The first-order chi connectivity index (χ1) is 12.7. The summed E-state index contributed by atoms with van der Waals surface area (Å²) in [5, 5.41) is 6.98. The Balaban J connectivity index is 1.42. The summed E-state index contributed by atoms with van der Waals surface area (Å²) in [6.45, 7) is 3.10. The molecule has 4 heterocycles. The monoisotopic (exact) mass is 352 g/mol. The van der Waals surface area contributed by atoms with Crippen LogP contribution in [0.5, 0.6) is 0 Å². The predicted molar refractivity (Wildman–Crippen MR) is 93.3 cm³/mol. The molecule has 1 aliphatic rings. The number of aromatic nitrogens is 5. The number of rotatable bonds is 4. The zero-order valence-corrected chi connectivity index (χ0v) is 14.6. The molecular weight excluding hydrogens is 332 g/mol. The fourth-order valence-electron chi connectivity index (χ4n) is 3.09. The van der Waals surface area contributed by atoms with Crippen molar-refractivity contribution in [2.24, 2.45) is 0 Å². The van der Waals surface area contributed by atoms with E-state index in [0.29, 0.717) is 23.6 Å². The minimum absolute atomic E-state index is 0.231. The summed E-state index contributed by atoms with van der Waals surface area (Å²) in [7, 11) is 0. The van der Waals surface area contributed by atoms with Crippen molar-refractivity contribution >= 4 is 11.6 Å². The summed E-state index contributed by atoms with van der Waals surface area (Å²) in [5.41, 5.74) is 1.37. The van der Waals surface area contributed by atoms with Gasteiger partial charge in [0.1, 0.15) is 11.2 Å². The van der Waals surface area contributed by atoms with Gasteiger partial charge in [0, 0.05) is 43.5 Å². The third kappa shape index (κ3) is 3.15.